The van der Waals surface area contributed by atoms with Crippen LogP contribution in [0.15, 0.2) is 71.0 Å². The minimum absolute atomic E-state index is 0. The summed E-state index contributed by atoms with van der Waals surface area (Å²) in [5, 5.41) is 16.2. The minimum Gasteiger partial charge on any atom is -0.512 e. The smallest absolute Gasteiger partial charge is 0.164 e. The number of carbonyl (C=O) groups is 1. The van der Waals surface area contributed by atoms with Gasteiger partial charge in [-0.3, -0.25) is 9.78 Å². The fourth-order valence-electron chi connectivity index (χ4n) is 7.02. The normalized spacial score (nSPS) is 12.8. The summed E-state index contributed by atoms with van der Waals surface area (Å²) in [5.74, 6) is 1.93. The van der Waals surface area contributed by atoms with E-state index in [4.69, 9.17) is 9.40 Å². The Kier molecular flexibility index (Phi) is 13.3. The summed E-state index contributed by atoms with van der Waals surface area (Å²) in [5.41, 5.74) is 5.01. The van der Waals surface area contributed by atoms with Crippen LogP contribution in [-0.2, 0) is 36.7 Å². The van der Waals surface area contributed by atoms with Gasteiger partial charge < -0.3 is 9.52 Å². The van der Waals surface area contributed by atoms with Crippen molar-refractivity contribution in [2.24, 2.45) is 16.7 Å². The Hall–Kier alpha value is -3.31. The molecule has 0 spiro atoms. The van der Waals surface area contributed by atoms with Crippen molar-refractivity contribution in [2.75, 3.05) is 0 Å². The van der Waals surface area contributed by atoms with Gasteiger partial charge in [0.1, 0.15) is 17.1 Å². The first-order valence-electron chi connectivity index (χ1n) is 19.1. The first-order chi connectivity index (χ1) is 24.5. The van der Waals surface area contributed by atoms with Crippen molar-refractivity contribution in [3.05, 3.63) is 89.5 Å². The molecule has 0 amide bonds. The van der Waals surface area contributed by atoms with Gasteiger partial charge in [-0.05, 0) is 73.1 Å². The van der Waals surface area contributed by atoms with E-state index in [-0.39, 0.29) is 47.9 Å². The van der Waals surface area contributed by atoms with E-state index in [0.29, 0.717) is 5.92 Å². The summed E-state index contributed by atoms with van der Waals surface area (Å²) in [6.07, 6.45) is 7.64. The van der Waals surface area contributed by atoms with Gasteiger partial charge in [-0.25, -0.2) is 0 Å². The van der Waals surface area contributed by atoms with Gasteiger partial charge in [0.15, 0.2) is 5.78 Å². The number of ketones is 1. The SMILES string of the molecule is CCC(C)(CC)C(=O)/C=C(\O)C(C)(CC)CC.Cc1c(CC(C)C)oc2ccc3sc4ccnc(-c5[c-]c6ccccc6c(C(C)(C)C)c5)c4c3c12.[Ir]. The van der Waals surface area contributed by atoms with Crippen molar-refractivity contribution >= 4 is 59.0 Å². The van der Waals surface area contributed by atoms with E-state index in [2.05, 4.69) is 96.1 Å². The second-order valence-electron chi connectivity index (χ2n) is 16.5. The number of fused-ring (bicyclic) bond motifs is 6. The Bertz CT molecular complexity index is 2260. The molecule has 6 aromatic rings. The van der Waals surface area contributed by atoms with Crippen molar-refractivity contribution in [3.63, 3.8) is 0 Å². The van der Waals surface area contributed by atoms with E-state index < -0.39 is 0 Å². The first kappa shape index (κ1) is 42.4. The maximum absolute atomic E-state index is 12.2. The molecular weight excluding hydrogens is 851 g/mol. The maximum Gasteiger partial charge on any atom is 0.164 e. The van der Waals surface area contributed by atoms with E-state index in [1.54, 1.807) is 0 Å². The Morgan fingerprint density at radius 2 is 1.51 bits per heavy atom. The third kappa shape index (κ3) is 8.36. The zero-order chi connectivity index (χ0) is 38.2. The molecule has 1 radical (unpaired) electrons. The van der Waals surface area contributed by atoms with Gasteiger partial charge >= 0.3 is 0 Å². The van der Waals surface area contributed by atoms with Crippen LogP contribution in [0.2, 0.25) is 0 Å². The van der Waals surface area contributed by atoms with Gasteiger partial charge in [-0.15, -0.1) is 40.5 Å². The molecule has 0 aliphatic carbocycles. The van der Waals surface area contributed by atoms with Crippen LogP contribution in [0.5, 0.6) is 0 Å². The number of benzene rings is 3. The molecule has 0 atom stereocenters. The fraction of sp³-hybridized carbons (Fsp3) is 0.447. The Morgan fingerprint density at radius 3 is 2.11 bits per heavy atom. The maximum atomic E-state index is 12.2. The van der Waals surface area contributed by atoms with Crippen molar-refractivity contribution in [1.82, 2.24) is 4.98 Å². The third-order valence-electron chi connectivity index (χ3n) is 11.6. The number of nitrogens with zero attached hydrogens (tertiary/aromatic N) is 1. The molecule has 3 aromatic carbocycles. The molecule has 0 saturated heterocycles. The number of aromatic nitrogens is 1. The Labute approximate surface area is 334 Å². The first-order valence-corrected chi connectivity index (χ1v) is 20.0. The van der Waals surface area contributed by atoms with Crippen LogP contribution in [0.25, 0.3) is 53.2 Å². The van der Waals surface area contributed by atoms with Crippen LogP contribution in [0.1, 0.15) is 119 Å². The Balaban J connectivity index is 0.000000299. The number of carbonyl (C=O) groups excluding carboxylic acids is 1. The number of aliphatic hydroxyl groups is 1. The van der Waals surface area contributed by atoms with E-state index in [1.165, 1.54) is 48.1 Å². The van der Waals surface area contributed by atoms with Crippen LogP contribution in [0.4, 0.5) is 0 Å². The molecule has 0 unspecified atom stereocenters. The summed E-state index contributed by atoms with van der Waals surface area (Å²) < 4.78 is 8.91. The zero-order valence-electron chi connectivity index (χ0n) is 33.8. The predicted octanol–water partition coefficient (Wildman–Crippen LogP) is 14.3. The molecule has 3 heterocycles. The predicted molar refractivity (Wildman–Crippen MR) is 224 cm³/mol. The van der Waals surface area contributed by atoms with Crippen LogP contribution in [0, 0.1) is 29.7 Å². The number of rotatable bonds is 10. The molecule has 0 aliphatic rings. The van der Waals surface area contributed by atoms with E-state index in [9.17, 15) is 9.90 Å². The third-order valence-corrected chi connectivity index (χ3v) is 12.7. The summed E-state index contributed by atoms with van der Waals surface area (Å²) in [6.45, 7) is 25.6. The van der Waals surface area contributed by atoms with Crippen molar-refractivity contribution < 1.29 is 34.4 Å². The Morgan fingerprint density at radius 1 is 0.887 bits per heavy atom. The molecule has 0 bridgehead atoms. The summed E-state index contributed by atoms with van der Waals surface area (Å²) in [4.78, 5) is 17.1. The number of hydrogen-bond donors (Lipinski definition) is 1. The number of pyridine rings is 1. The van der Waals surface area contributed by atoms with Gasteiger partial charge in [0.05, 0.1) is 0 Å². The van der Waals surface area contributed by atoms with Crippen LogP contribution < -0.4 is 0 Å². The molecule has 4 nitrogen and oxygen atoms in total. The fourth-order valence-corrected chi connectivity index (χ4v) is 8.13. The second kappa shape index (κ2) is 16.6. The van der Waals surface area contributed by atoms with Gasteiger partial charge in [-0.1, -0.05) is 105 Å². The number of hydrogen-bond acceptors (Lipinski definition) is 5. The van der Waals surface area contributed by atoms with Crippen molar-refractivity contribution in [1.29, 1.82) is 0 Å². The standard InChI is InChI=1S/C32H30NOS.C15H28O2.Ir/c1-18(2)15-25-19(3)28-24(34-25)11-12-26-29(28)30-27(35-26)13-14-33-31(30)21-16-20-9-7-8-10-22(20)23(17-21)32(4,5)6;1-7-14(5,8-2)12(16)11-13(17)15(6,9-3)10-4;/h7-14,17-18H,15H2,1-6H3;11,16H,7-10H2,1-6H3;/q-1;;/b;12-11-;. The quantitative estimate of drug-likeness (QED) is 0.0845. The zero-order valence-corrected chi connectivity index (χ0v) is 37.1. The minimum atomic E-state index is -0.337. The molecule has 1 N–H and O–H groups in total. The van der Waals surface area contributed by atoms with E-state index in [1.807, 2.05) is 59.1 Å². The number of allylic oxidation sites excluding steroid dienone is 2. The molecule has 0 aliphatic heterocycles. The van der Waals surface area contributed by atoms with Gasteiger partial charge in [0.2, 0.25) is 0 Å². The van der Waals surface area contributed by atoms with Crippen molar-refractivity contribution in [2.45, 2.75) is 121 Å². The topological polar surface area (TPSA) is 63.3 Å². The molecule has 6 heteroatoms. The number of aryl methyl sites for hydroxylation is 1. The van der Waals surface area contributed by atoms with Crippen LogP contribution >= 0.6 is 11.3 Å². The van der Waals surface area contributed by atoms with Crippen LogP contribution in [-0.4, -0.2) is 15.9 Å². The molecule has 53 heavy (non-hydrogen) atoms. The van der Waals surface area contributed by atoms with Crippen LogP contribution in [0.3, 0.4) is 0 Å². The van der Waals surface area contributed by atoms with Gasteiger partial charge in [-0.2, -0.15) is 0 Å². The molecule has 0 saturated carbocycles. The molecule has 285 valence electrons. The van der Waals surface area contributed by atoms with E-state index in [0.717, 1.165) is 60.1 Å². The second-order valence-corrected chi connectivity index (χ2v) is 17.6. The van der Waals surface area contributed by atoms with Gasteiger partial charge in [0.25, 0.3) is 0 Å². The monoisotopic (exact) mass is 909 g/mol. The summed E-state index contributed by atoms with van der Waals surface area (Å²) in [6, 6.07) is 21.1. The average Bonchev–Trinajstić information content (AvgIpc) is 3.66. The summed E-state index contributed by atoms with van der Waals surface area (Å²) in [7, 11) is 0. The molecule has 3 aromatic heterocycles. The molecular formula is C47H58IrNO3S-. The number of thiophene rings is 1. The number of furan rings is 1. The van der Waals surface area contributed by atoms with Crippen molar-refractivity contribution in [3.8, 4) is 11.3 Å². The van der Waals surface area contributed by atoms with E-state index >= 15 is 0 Å². The number of aliphatic hydroxyl groups excluding tert-OH is 1. The average molecular weight is 909 g/mol. The van der Waals surface area contributed by atoms with Gasteiger partial charge in [0, 0.05) is 75.5 Å². The largest absolute Gasteiger partial charge is 0.512 e. The summed E-state index contributed by atoms with van der Waals surface area (Å²) >= 11 is 1.84. The molecule has 0 fully saturated rings. The molecule has 6 rings (SSSR count).